The molecule has 4 heterocycles. The van der Waals surface area contributed by atoms with E-state index >= 15 is 0 Å². The van der Waals surface area contributed by atoms with E-state index in [4.69, 9.17) is 16.9 Å². The van der Waals surface area contributed by atoms with E-state index in [9.17, 15) is 5.26 Å². The number of rotatable bonds is 3. The van der Waals surface area contributed by atoms with Crippen molar-refractivity contribution in [1.82, 2.24) is 29.6 Å². The summed E-state index contributed by atoms with van der Waals surface area (Å²) in [4.78, 5) is 12.9. The Balaban J connectivity index is 1.26. The maximum atomic E-state index is 9.76. The molecule has 3 aliphatic rings. The third kappa shape index (κ3) is 3.54. The van der Waals surface area contributed by atoms with Gasteiger partial charge in [-0.3, -0.25) is 9.47 Å². The second-order valence-corrected chi connectivity index (χ2v) is 10.9. The molecule has 3 aromatic rings. The highest BCUT2D eigenvalue weighted by Crippen LogP contribution is 2.56. The number of halogens is 1. The van der Waals surface area contributed by atoms with Gasteiger partial charge in [-0.25, -0.2) is 9.97 Å². The molecule has 6 rings (SSSR count). The summed E-state index contributed by atoms with van der Waals surface area (Å²) in [5, 5.41) is 28.8. The fourth-order valence-electron chi connectivity index (χ4n) is 5.65. The summed E-state index contributed by atoms with van der Waals surface area (Å²) in [6.07, 6.45) is 3.69. The van der Waals surface area contributed by atoms with Crippen LogP contribution in [0.1, 0.15) is 55.5 Å². The van der Waals surface area contributed by atoms with Gasteiger partial charge in [0, 0.05) is 42.2 Å². The van der Waals surface area contributed by atoms with E-state index in [2.05, 4.69) is 46.7 Å². The molecule has 2 aliphatic heterocycles. The molecule has 1 saturated heterocycles. The van der Waals surface area contributed by atoms with Gasteiger partial charge in [0.2, 0.25) is 5.95 Å². The number of benzene rings is 1. The minimum absolute atomic E-state index is 0.228. The number of nitrogens with zero attached hydrogens (tertiary/aromatic N) is 9. The third-order valence-electron chi connectivity index (χ3n) is 7.61. The van der Waals surface area contributed by atoms with Crippen LogP contribution in [-0.4, -0.2) is 48.3 Å². The van der Waals surface area contributed by atoms with Crippen molar-refractivity contribution in [2.45, 2.75) is 51.2 Å². The molecule has 10 heteroatoms. The Hall–Kier alpha value is -3.53. The average Bonchev–Trinajstić information content (AvgIpc) is 3.12. The Kier molecular flexibility index (Phi) is 4.86. The van der Waals surface area contributed by atoms with E-state index in [1.165, 1.54) is 0 Å². The topological polar surface area (TPSA) is 111 Å². The second kappa shape index (κ2) is 7.74. The summed E-state index contributed by atoms with van der Waals surface area (Å²) < 4.78 is 2.19. The maximum Gasteiger partial charge on any atom is 0.226 e. The number of hydrogen-bond acceptors (Lipinski definition) is 8. The van der Waals surface area contributed by atoms with Crippen LogP contribution in [0.5, 0.6) is 0 Å². The Bertz CT molecular complexity index is 1400. The largest absolute Gasteiger partial charge is 0.340 e. The first-order valence-electron chi connectivity index (χ1n) is 11.7. The molecule has 2 aromatic heterocycles. The van der Waals surface area contributed by atoms with Crippen molar-refractivity contribution in [2.24, 2.45) is 5.41 Å². The van der Waals surface area contributed by atoms with Gasteiger partial charge in [0.1, 0.15) is 23.1 Å². The normalized spacial score (nSPS) is 19.1. The molecule has 1 spiro atoms. The van der Waals surface area contributed by atoms with E-state index in [0.717, 1.165) is 48.8 Å². The molecule has 0 bridgehead atoms. The molecule has 2 fully saturated rings. The minimum Gasteiger partial charge on any atom is -0.340 e. The average molecular weight is 486 g/mol. The predicted molar refractivity (Wildman–Crippen MR) is 129 cm³/mol. The molecule has 9 nitrogen and oxygen atoms in total. The van der Waals surface area contributed by atoms with Crippen molar-refractivity contribution in [3.05, 3.63) is 58.4 Å². The predicted octanol–water partition coefficient (Wildman–Crippen LogP) is 3.58. The molecule has 0 radical (unpaired) electrons. The van der Waals surface area contributed by atoms with Crippen molar-refractivity contribution in [2.75, 3.05) is 18.0 Å². The summed E-state index contributed by atoms with van der Waals surface area (Å²) >= 11 is 6.36. The molecule has 0 amide bonds. The van der Waals surface area contributed by atoms with Crippen molar-refractivity contribution in [3.8, 4) is 17.8 Å². The van der Waals surface area contributed by atoms with Gasteiger partial charge in [-0.2, -0.15) is 10.5 Å². The molecule has 0 N–H and O–H groups in total. The lowest BCUT2D eigenvalue weighted by molar-refractivity contribution is 0.0574. The first kappa shape index (κ1) is 22.0. The second-order valence-electron chi connectivity index (χ2n) is 10.4. The zero-order chi connectivity index (χ0) is 24.4. The number of hydrogen-bond donors (Lipinski definition) is 0. The summed E-state index contributed by atoms with van der Waals surface area (Å²) in [6, 6.07) is 12.1. The van der Waals surface area contributed by atoms with E-state index in [0.29, 0.717) is 35.7 Å². The Morgan fingerprint density at radius 1 is 1.11 bits per heavy atom. The van der Waals surface area contributed by atoms with Crippen LogP contribution in [0.2, 0.25) is 5.02 Å². The van der Waals surface area contributed by atoms with Crippen LogP contribution < -0.4 is 4.90 Å². The van der Waals surface area contributed by atoms with Gasteiger partial charge in [-0.15, -0.1) is 10.2 Å². The molecule has 35 heavy (non-hydrogen) atoms. The zero-order valence-electron chi connectivity index (χ0n) is 19.6. The lowest BCUT2D eigenvalue weighted by Crippen LogP contribution is -2.62. The van der Waals surface area contributed by atoms with E-state index < -0.39 is 5.54 Å². The van der Waals surface area contributed by atoms with Crippen molar-refractivity contribution in [3.63, 3.8) is 0 Å². The monoisotopic (exact) mass is 485 g/mol. The molecule has 1 saturated carbocycles. The van der Waals surface area contributed by atoms with Crippen LogP contribution in [0.25, 0.3) is 5.69 Å². The maximum absolute atomic E-state index is 9.76. The van der Waals surface area contributed by atoms with Crippen LogP contribution in [0.15, 0.2) is 30.5 Å². The number of aromatic nitrogens is 5. The standard InChI is InChI=1S/C25H24ClN9/c1-24(2,13-28)34-11-16-7-18(26)3-4-20(16)35-21(12-34)31-32-22(35)17-8-25(9-17)14-33(15-25)23-29-6-5-19(10-27)30-23/h3-7,17H,8-9,11-12,14-15H2,1-2H3. The fraction of sp³-hybridized carbons (Fsp3) is 0.440. The zero-order valence-corrected chi connectivity index (χ0v) is 20.4. The summed E-state index contributed by atoms with van der Waals surface area (Å²) in [7, 11) is 0. The van der Waals surface area contributed by atoms with Gasteiger partial charge in [0.25, 0.3) is 0 Å². The summed E-state index contributed by atoms with van der Waals surface area (Å²) in [5.74, 6) is 2.76. The Morgan fingerprint density at radius 3 is 2.66 bits per heavy atom. The number of nitriles is 2. The lowest BCUT2D eigenvalue weighted by Gasteiger charge is -2.58. The van der Waals surface area contributed by atoms with Gasteiger partial charge in [0.05, 0.1) is 18.3 Å². The highest BCUT2D eigenvalue weighted by Gasteiger charge is 2.55. The van der Waals surface area contributed by atoms with Crippen LogP contribution in [0.4, 0.5) is 5.95 Å². The fourth-order valence-corrected chi connectivity index (χ4v) is 5.85. The lowest BCUT2D eigenvalue weighted by atomic mass is 9.57. The smallest absolute Gasteiger partial charge is 0.226 e. The van der Waals surface area contributed by atoms with Gasteiger partial charge < -0.3 is 4.90 Å². The first-order valence-corrected chi connectivity index (χ1v) is 12.1. The molecular weight excluding hydrogens is 462 g/mol. The molecule has 1 aromatic carbocycles. The van der Waals surface area contributed by atoms with E-state index in [-0.39, 0.29) is 5.41 Å². The van der Waals surface area contributed by atoms with Crippen LogP contribution in [0, 0.1) is 28.1 Å². The first-order chi connectivity index (χ1) is 16.8. The van der Waals surface area contributed by atoms with Crippen molar-refractivity contribution < 1.29 is 0 Å². The third-order valence-corrected chi connectivity index (χ3v) is 7.85. The highest BCUT2D eigenvalue weighted by molar-refractivity contribution is 6.30. The van der Waals surface area contributed by atoms with Crippen molar-refractivity contribution >= 4 is 17.5 Å². The van der Waals surface area contributed by atoms with E-state index in [1.807, 2.05) is 32.0 Å². The van der Waals surface area contributed by atoms with Gasteiger partial charge in [-0.1, -0.05) is 11.6 Å². The number of anilines is 1. The summed E-state index contributed by atoms with van der Waals surface area (Å²) in [6.45, 7) is 6.78. The Morgan fingerprint density at radius 2 is 1.91 bits per heavy atom. The number of fused-ring (bicyclic) bond motifs is 3. The van der Waals surface area contributed by atoms with Crippen LogP contribution in [-0.2, 0) is 13.1 Å². The Labute approximate surface area is 208 Å². The van der Waals surface area contributed by atoms with Gasteiger partial charge in [0.15, 0.2) is 5.82 Å². The van der Waals surface area contributed by atoms with Crippen molar-refractivity contribution in [1.29, 1.82) is 10.5 Å². The molecule has 176 valence electrons. The summed E-state index contributed by atoms with van der Waals surface area (Å²) in [5.41, 5.74) is 2.08. The van der Waals surface area contributed by atoms with Crippen LogP contribution in [0.3, 0.4) is 0 Å². The van der Waals surface area contributed by atoms with Gasteiger partial charge in [-0.05, 0) is 56.5 Å². The quantitative estimate of drug-likeness (QED) is 0.553. The minimum atomic E-state index is -0.651. The van der Waals surface area contributed by atoms with Gasteiger partial charge >= 0.3 is 0 Å². The molecule has 1 aliphatic carbocycles. The van der Waals surface area contributed by atoms with E-state index in [1.54, 1.807) is 12.3 Å². The molecule has 0 atom stereocenters. The SMILES string of the molecule is CC(C)(C#N)N1Cc2cc(Cl)ccc2-n2c(nnc2C2CC3(C2)CN(c2nccc(C#N)n2)C3)C1. The van der Waals surface area contributed by atoms with Crippen LogP contribution >= 0.6 is 11.6 Å². The molecular formula is C25H24ClN9. The highest BCUT2D eigenvalue weighted by atomic mass is 35.5. The molecule has 0 unspecified atom stereocenters.